The minimum Gasteiger partial charge on any atom is -0.122 e. The Morgan fingerprint density at radius 1 is 1.44 bits per heavy atom. The molecule has 1 aromatic carbocycles. The minimum absolute atomic E-state index is 1.11. The molecule has 0 amide bonds. The summed E-state index contributed by atoms with van der Waals surface area (Å²) in [5.41, 5.74) is 1.17. The lowest BCUT2D eigenvalue weighted by atomic mass is 10.2. The van der Waals surface area contributed by atoms with Crippen LogP contribution >= 0.6 is 24.8 Å². The molecule has 0 fully saturated rings. The molecule has 0 heterocycles. The van der Waals surface area contributed by atoms with Gasteiger partial charge in [-0.1, -0.05) is 28.1 Å². The molecule has 0 spiro atoms. The molecule has 0 N–H and O–H groups in total. The highest BCUT2D eigenvalue weighted by Crippen LogP contribution is 2.09. The fourth-order valence-electron chi connectivity index (χ4n) is 0.596. The van der Waals surface area contributed by atoms with E-state index in [0.717, 1.165) is 4.47 Å². The molecule has 0 aliphatic carbocycles. The smallest absolute Gasteiger partial charge is 0.0181 e. The largest absolute Gasteiger partial charge is 0.122 e. The van der Waals surface area contributed by atoms with Crippen LogP contribution in [0.2, 0.25) is 0 Å². The zero-order chi connectivity index (χ0) is 6.69. The summed E-state index contributed by atoms with van der Waals surface area (Å²) in [5.74, 6) is 1.88. The summed E-state index contributed by atoms with van der Waals surface area (Å²) in [6.07, 6.45) is 0. The van der Waals surface area contributed by atoms with Gasteiger partial charge in [0.1, 0.15) is 0 Å². The molecule has 0 unspecified atom stereocenters. The van der Waals surface area contributed by atoms with Crippen LogP contribution in [0.3, 0.4) is 0 Å². The van der Waals surface area contributed by atoms with Gasteiger partial charge in [-0.25, -0.2) is 0 Å². The van der Waals surface area contributed by atoms with Crippen molar-refractivity contribution in [3.8, 4) is 0 Å². The monoisotopic (exact) mass is 200 g/mol. The van der Waals surface area contributed by atoms with Gasteiger partial charge in [0.15, 0.2) is 0 Å². The third kappa shape index (κ3) is 1.92. The molecule has 0 radical (unpaired) electrons. The van der Waals surface area contributed by atoms with Crippen LogP contribution in [-0.2, 0) is 0 Å². The average molecular weight is 201 g/mol. The molecular weight excluding hydrogens is 195 g/mol. The quantitative estimate of drug-likeness (QED) is 0.612. The summed E-state index contributed by atoms with van der Waals surface area (Å²) in [6.45, 7) is 0. The van der Waals surface area contributed by atoms with Crippen molar-refractivity contribution >= 4 is 30.6 Å². The first-order valence-corrected chi connectivity index (χ1v) is 3.96. The van der Waals surface area contributed by atoms with Gasteiger partial charge in [0.2, 0.25) is 0 Å². The number of rotatable bonds is 1. The standard InChI is InChI=1S/C7H6BrP/c8-7-3-1-2-6(4-7)5-9/h1-5,9H. The van der Waals surface area contributed by atoms with E-state index in [4.69, 9.17) is 0 Å². The Balaban J connectivity index is 3.07. The molecule has 0 aliphatic heterocycles. The van der Waals surface area contributed by atoms with E-state index >= 15 is 0 Å². The van der Waals surface area contributed by atoms with Crippen LogP contribution in [0.4, 0.5) is 0 Å². The van der Waals surface area contributed by atoms with E-state index < -0.39 is 0 Å². The molecule has 0 saturated carbocycles. The highest BCUT2D eigenvalue weighted by atomic mass is 79.9. The molecule has 0 atom stereocenters. The van der Waals surface area contributed by atoms with Gasteiger partial charge >= 0.3 is 0 Å². The van der Waals surface area contributed by atoms with Crippen LogP contribution in [0.1, 0.15) is 5.56 Å². The van der Waals surface area contributed by atoms with Crippen LogP contribution in [0, 0.1) is 0 Å². The maximum Gasteiger partial charge on any atom is 0.0181 e. The van der Waals surface area contributed by atoms with Crippen LogP contribution in [-0.4, -0.2) is 5.80 Å². The Kier molecular flexibility index (Phi) is 2.44. The van der Waals surface area contributed by atoms with Crippen LogP contribution in [0.5, 0.6) is 0 Å². The van der Waals surface area contributed by atoms with Gasteiger partial charge in [-0.2, -0.15) is 0 Å². The lowest BCUT2D eigenvalue weighted by Gasteiger charge is -1.90. The molecule has 0 aliphatic rings. The summed E-state index contributed by atoms with van der Waals surface area (Å²) < 4.78 is 1.11. The molecule has 1 aromatic rings. The minimum atomic E-state index is 1.11. The van der Waals surface area contributed by atoms with Crippen molar-refractivity contribution in [1.82, 2.24) is 0 Å². The molecule has 1 rings (SSSR count). The highest BCUT2D eigenvalue weighted by Gasteiger charge is 1.85. The average Bonchev–Trinajstić information content (AvgIpc) is 1.88. The van der Waals surface area contributed by atoms with Gasteiger partial charge in [-0.15, -0.1) is 8.86 Å². The van der Waals surface area contributed by atoms with Crippen molar-refractivity contribution in [2.45, 2.75) is 0 Å². The van der Waals surface area contributed by atoms with Gasteiger partial charge in [0, 0.05) is 4.47 Å². The number of benzene rings is 1. The SMILES string of the molecule is P=Cc1cccc(Br)c1. The molecule has 0 aromatic heterocycles. The van der Waals surface area contributed by atoms with Crippen molar-refractivity contribution in [3.05, 3.63) is 34.3 Å². The topological polar surface area (TPSA) is 0 Å². The van der Waals surface area contributed by atoms with Crippen molar-refractivity contribution in [1.29, 1.82) is 0 Å². The predicted molar refractivity (Wildman–Crippen MR) is 47.6 cm³/mol. The molecule has 0 bridgehead atoms. The van der Waals surface area contributed by atoms with Gasteiger partial charge in [-0.3, -0.25) is 0 Å². The molecule has 46 valence electrons. The first-order valence-electron chi connectivity index (χ1n) is 2.59. The van der Waals surface area contributed by atoms with Gasteiger partial charge < -0.3 is 0 Å². The summed E-state index contributed by atoms with van der Waals surface area (Å²) in [7, 11) is 3.29. The van der Waals surface area contributed by atoms with E-state index in [1.54, 1.807) is 0 Å². The Bertz CT molecular complexity index is 220. The van der Waals surface area contributed by atoms with E-state index in [9.17, 15) is 0 Å². The van der Waals surface area contributed by atoms with Crippen molar-refractivity contribution < 1.29 is 0 Å². The molecule has 0 saturated heterocycles. The van der Waals surface area contributed by atoms with E-state index in [0.29, 0.717) is 0 Å². The fourth-order valence-corrected chi connectivity index (χ4v) is 1.19. The van der Waals surface area contributed by atoms with Crippen molar-refractivity contribution in [2.24, 2.45) is 0 Å². The maximum atomic E-state index is 3.36. The zero-order valence-corrected chi connectivity index (χ0v) is 7.35. The summed E-state index contributed by atoms with van der Waals surface area (Å²) in [4.78, 5) is 0. The van der Waals surface area contributed by atoms with Crippen molar-refractivity contribution in [2.75, 3.05) is 0 Å². The number of hydrogen-bond acceptors (Lipinski definition) is 0. The Labute approximate surface area is 65.3 Å². The van der Waals surface area contributed by atoms with E-state index in [-0.39, 0.29) is 0 Å². The van der Waals surface area contributed by atoms with E-state index in [1.165, 1.54) is 5.56 Å². The van der Waals surface area contributed by atoms with Crippen molar-refractivity contribution in [3.63, 3.8) is 0 Å². The molecule has 2 heteroatoms. The zero-order valence-electron chi connectivity index (χ0n) is 4.76. The fraction of sp³-hybridized carbons (Fsp3) is 0. The lowest BCUT2D eigenvalue weighted by Crippen LogP contribution is -1.74. The number of halogens is 1. The molecular formula is C7H6BrP. The third-order valence-electron chi connectivity index (χ3n) is 1.02. The van der Waals surface area contributed by atoms with Crippen LogP contribution in [0.25, 0.3) is 0 Å². The highest BCUT2D eigenvalue weighted by molar-refractivity contribution is 9.10. The lowest BCUT2D eigenvalue weighted by molar-refractivity contribution is 1.63. The first kappa shape index (κ1) is 6.98. The Hall–Kier alpha value is -0.130. The summed E-state index contributed by atoms with van der Waals surface area (Å²) >= 11 is 3.36. The van der Waals surface area contributed by atoms with Gasteiger partial charge in [0.05, 0.1) is 0 Å². The first-order chi connectivity index (χ1) is 4.33. The summed E-state index contributed by atoms with van der Waals surface area (Å²) in [6, 6.07) is 8.06. The second-order valence-electron chi connectivity index (χ2n) is 1.70. The summed E-state index contributed by atoms with van der Waals surface area (Å²) in [5, 5.41) is 0. The molecule has 9 heavy (non-hydrogen) atoms. The third-order valence-corrected chi connectivity index (χ3v) is 1.84. The van der Waals surface area contributed by atoms with Crippen LogP contribution in [0.15, 0.2) is 28.7 Å². The van der Waals surface area contributed by atoms with Gasteiger partial charge in [0.25, 0.3) is 0 Å². The van der Waals surface area contributed by atoms with E-state index in [1.807, 2.05) is 30.1 Å². The molecule has 0 nitrogen and oxygen atoms in total. The number of hydrogen-bond donors (Lipinski definition) is 0. The Morgan fingerprint density at radius 3 is 2.67 bits per heavy atom. The second kappa shape index (κ2) is 3.14. The predicted octanol–water partition coefficient (Wildman–Crippen LogP) is 2.74. The van der Waals surface area contributed by atoms with Crippen LogP contribution < -0.4 is 0 Å². The van der Waals surface area contributed by atoms with Gasteiger partial charge in [-0.05, 0) is 23.5 Å². The normalized spacial score (nSPS) is 9.00. The Morgan fingerprint density at radius 2 is 2.22 bits per heavy atom. The second-order valence-corrected chi connectivity index (χ2v) is 2.90. The van der Waals surface area contributed by atoms with E-state index in [2.05, 4.69) is 24.8 Å². The maximum absolute atomic E-state index is 3.36.